The molecule has 0 aromatic rings. The molecule has 1 aliphatic heterocycles. The maximum atomic E-state index is 12.3. The summed E-state index contributed by atoms with van der Waals surface area (Å²) in [6.07, 6.45) is 3.84. The number of hydrogen-bond acceptors (Lipinski definition) is 2. The molecule has 1 N–H and O–H groups in total. The molecule has 4 unspecified atom stereocenters. The summed E-state index contributed by atoms with van der Waals surface area (Å²) in [5, 5.41) is 3.31. The van der Waals surface area contributed by atoms with E-state index in [1.807, 2.05) is 20.8 Å². The lowest BCUT2D eigenvalue weighted by atomic mass is 9.77. The van der Waals surface area contributed by atoms with Gasteiger partial charge in [0.25, 0.3) is 0 Å². The van der Waals surface area contributed by atoms with Crippen molar-refractivity contribution in [1.29, 1.82) is 0 Å². The number of nitrogens with one attached hydrogen (secondary N) is 1. The molecule has 0 spiro atoms. The third-order valence-electron chi connectivity index (χ3n) is 5.51. The fraction of sp³-hybridized carbons (Fsp3) is 0.944. The van der Waals surface area contributed by atoms with E-state index < -0.39 is 0 Å². The molecule has 0 aromatic heterocycles. The van der Waals surface area contributed by atoms with Gasteiger partial charge >= 0.3 is 0 Å². The van der Waals surface area contributed by atoms with Gasteiger partial charge < -0.3 is 5.32 Å². The smallest absolute Gasteiger partial charge is 0.225 e. The minimum Gasteiger partial charge on any atom is -0.352 e. The van der Waals surface area contributed by atoms with E-state index in [1.165, 1.54) is 19.4 Å². The largest absolute Gasteiger partial charge is 0.352 e. The van der Waals surface area contributed by atoms with Crippen LogP contribution in [0.1, 0.15) is 60.8 Å². The van der Waals surface area contributed by atoms with Gasteiger partial charge in [0.2, 0.25) is 5.91 Å². The fourth-order valence-corrected chi connectivity index (χ4v) is 3.63. The average Bonchev–Trinajstić information content (AvgIpc) is 2.35. The van der Waals surface area contributed by atoms with Crippen molar-refractivity contribution in [3.63, 3.8) is 0 Å². The molecule has 1 saturated heterocycles. The lowest BCUT2D eigenvalue weighted by Gasteiger charge is -2.49. The average molecular weight is 294 g/mol. The van der Waals surface area contributed by atoms with E-state index in [4.69, 9.17) is 0 Å². The van der Waals surface area contributed by atoms with Crippen LogP contribution in [0.3, 0.4) is 0 Å². The van der Waals surface area contributed by atoms with Gasteiger partial charge in [0.05, 0.1) is 0 Å². The van der Waals surface area contributed by atoms with Crippen molar-refractivity contribution in [2.24, 2.45) is 23.2 Å². The summed E-state index contributed by atoms with van der Waals surface area (Å²) in [7, 11) is 0. The summed E-state index contributed by atoms with van der Waals surface area (Å²) in [5.74, 6) is 2.42. The Morgan fingerprint density at radius 2 is 1.86 bits per heavy atom. The highest BCUT2D eigenvalue weighted by Crippen LogP contribution is 2.35. The highest BCUT2D eigenvalue weighted by Gasteiger charge is 2.39. The van der Waals surface area contributed by atoms with E-state index >= 15 is 0 Å². The van der Waals surface area contributed by atoms with Gasteiger partial charge in [-0.1, -0.05) is 41.5 Å². The van der Waals surface area contributed by atoms with Gasteiger partial charge in [-0.15, -0.1) is 0 Å². The van der Waals surface area contributed by atoms with E-state index in [0.29, 0.717) is 17.9 Å². The van der Waals surface area contributed by atoms with Crippen LogP contribution in [0.25, 0.3) is 0 Å². The van der Waals surface area contributed by atoms with Crippen LogP contribution in [0.4, 0.5) is 0 Å². The molecule has 3 heteroatoms. The molecular weight excluding hydrogens is 260 g/mol. The maximum Gasteiger partial charge on any atom is 0.225 e. The highest BCUT2D eigenvalue weighted by molar-refractivity contribution is 5.81. The van der Waals surface area contributed by atoms with Crippen molar-refractivity contribution >= 4 is 5.91 Å². The zero-order valence-electron chi connectivity index (χ0n) is 14.8. The Labute approximate surface area is 130 Å². The van der Waals surface area contributed by atoms with Crippen LogP contribution in [-0.2, 0) is 4.79 Å². The van der Waals surface area contributed by atoms with E-state index in [0.717, 1.165) is 24.9 Å². The molecule has 1 heterocycles. The molecule has 0 radical (unpaired) electrons. The second-order valence-corrected chi connectivity index (χ2v) is 8.74. The fourth-order valence-electron chi connectivity index (χ4n) is 3.63. The number of hydrogen-bond donors (Lipinski definition) is 1. The van der Waals surface area contributed by atoms with Crippen molar-refractivity contribution in [2.45, 2.75) is 72.9 Å². The molecule has 2 fully saturated rings. The first-order valence-electron chi connectivity index (χ1n) is 8.73. The van der Waals surface area contributed by atoms with Crippen molar-refractivity contribution in [2.75, 3.05) is 13.1 Å². The molecule has 1 amide bonds. The summed E-state index contributed by atoms with van der Waals surface area (Å²) in [4.78, 5) is 15.0. The normalized spacial score (nSPS) is 34.6. The zero-order chi connectivity index (χ0) is 15.8. The number of carbonyl (C=O) groups excluding carboxylic acids is 1. The van der Waals surface area contributed by atoms with Crippen LogP contribution in [-0.4, -0.2) is 36.0 Å². The second kappa shape index (κ2) is 6.28. The van der Waals surface area contributed by atoms with E-state index in [9.17, 15) is 4.79 Å². The molecule has 1 aliphatic carbocycles. The van der Waals surface area contributed by atoms with Gasteiger partial charge in [-0.05, 0) is 37.0 Å². The Balaban J connectivity index is 2.01. The summed E-state index contributed by atoms with van der Waals surface area (Å²) >= 11 is 0. The molecule has 21 heavy (non-hydrogen) atoms. The van der Waals surface area contributed by atoms with E-state index in [2.05, 4.69) is 31.0 Å². The molecule has 4 atom stereocenters. The first-order valence-corrected chi connectivity index (χ1v) is 8.73. The van der Waals surface area contributed by atoms with Crippen LogP contribution < -0.4 is 5.32 Å². The second-order valence-electron chi connectivity index (χ2n) is 8.74. The molecule has 2 aliphatic rings. The quantitative estimate of drug-likeness (QED) is 0.866. The molecule has 0 bridgehead atoms. The Bertz CT molecular complexity index is 372. The van der Waals surface area contributed by atoms with Gasteiger partial charge in [-0.3, -0.25) is 9.69 Å². The first-order chi connectivity index (χ1) is 9.68. The molecule has 0 aromatic carbocycles. The van der Waals surface area contributed by atoms with E-state index in [-0.39, 0.29) is 11.3 Å². The van der Waals surface area contributed by atoms with Gasteiger partial charge in [0, 0.05) is 30.6 Å². The van der Waals surface area contributed by atoms with Crippen molar-refractivity contribution in [3.8, 4) is 0 Å². The molecular formula is C18H34N2O. The maximum absolute atomic E-state index is 12.3. The zero-order valence-corrected chi connectivity index (χ0v) is 14.8. The molecule has 122 valence electrons. The standard InChI is InChI=1S/C18H34N2O/c1-12(2)14-9-15(19-17(21)18(4,5)6)11-20(10-14)16-8-7-13(16)3/h12-16H,7-11H2,1-6H3,(H,19,21). The lowest BCUT2D eigenvalue weighted by Crippen LogP contribution is -2.58. The number of carbonyl (C=O) groups is 1. The van der Waals surface area contributed by atoms with E-state index in [1.54, 1.807) is 0 Å². The van der Waals surface area contributed by atoms with Gasteiger partial charge in [-0.2, -0.15) is 0 Å². The van der Waals surface area contributed by atoms with Gasteiger partial charge in [0.15, 0.2) is 0 Å². The Morgan fingerprint density at radius 3 is 2.29 bits per heavy atom. The van der Waals surface area contributed by atoms with Crippen molar-refractivity contribution in [1.82, 2.24) is 10.2 Å². The predicted molar refractivity (Wildman–Crippen MR) is 88.1 cm³/mol. The van der Waals surface area contributed by atoms with Crippen molar-refractivity contribution < 1.29 is 4.79 Å². The number of piperidine rings is 1. The summed E-state index contributed by atoms with van der Waals surface area (Å²) in [5.41, 5.74) is -0.292. The minimum atomic E-state index is -0.292. The van der Waals surface area contributed by atoms with Gasteiger partial charge in [-0.25, -0.2) is 0 Å². The number of nitrogens with zero attached hydrogens (tertiary/aromatic N) is 1. The van der Waals surface area contributed by atoms with Crippen LogP contribution in [0.5, 0.6) is 0 Å². The number of likely N-dealkylation sites (tertiary alicyclic amines) is 1. The minimum absolute atomic E-state index is 0.193. The molecule has 1 saturated carbocycles. The van der Waals surface area contributed by atoms with Crippen molar-refractivity contribution in [3.05, 3.63) is 0 Å². The SMILES string of the molecule is CC(C)C1CC(NC(=O)C(C)(C)C)CN(C2CCC2C)C1. The van der Waals surface area contributed by atoms with Crippen LogP contribution in [0.2, 0.25) is 0 Å². The Morgan fingerprint density at radius 1 is 1.19 bits per heavy atom. The first kappa shape index (κ1) is 16.8. The monoisotopic (exact) mass is 294 g/mol. The number of amides is 1. The highest BCUT2D eigenvalue weighted by atomic mass is 16.2. The van der Waals surface area contributed by atoms with Crippen LogP contribution in [0.15, 0.2) is 0 Å². The van der Waals surface area contributed by atoms with Crippen LogP contribution in [0, 0.1) is 23.2 Å². The lowest BCUT2D eigenvalue weighted by molar-refractivity contribution is -0.130. The summed E-state index contributed by atoms with van der Waals surface area (Å²) in [6, 6.07) is 1.08. The van der Waals surface area contributed by atoms with Gasteiger partial charge in [0.1, 0.15) is 0 Å². The molecule has 3 nitrogen and oxygen atoms in total. The summed E-state index contributed by atoms with van der Waals surface area (Å²) < 4.78 is 0. The van der Waals surface area contributed by atoms with Crippen LogP contribution >= 0.6 is 0 Å². The number of rotatable bonds is 3. The summed E-state index contributed by atoms with van der Waals surface area (Å²) in [6.45, 7) is 15.3. The molecule has 2 rings (SSSR count). The predicted octanol–water partition coefficient (Wildman–Crippen LogP) is 3.29. The Hall–Kier alpha value is -0.570. The topological polar surface area (TPSA) is 32.3 Å². The third kappa shape index (κ3) is 4.00. The Kier molecular flexibility index (Phi) is 5.02. The third-order valence-corrected chi connectivity index (χ3v) is 5.51.